The fraction of sp³-hybridized carbons (Fsp3) is 0.143. The number of hydrogen-bond acceptors (Lipinski definition) is 6. The van der Waals surface area contributed by atoms with Crippen LogP contribution in [0.15, 0.2) is 37.2 Å². The van der Waals surface area contributed by atoms with Crippen LogP contribution in [-0.2, 0) is 0 Å². The first-order valence-electron chi connectivity index (χ1n) is 6.28. The third-order valence-electron chi connectivity index (χ3n) is 3.09. The van der Waals surface area contributed by atoms with Crippen molar-refractivity contribution in [3.63, 3.8) is 0 Å². The second kappa shape index (κ2) is 5.20. The normalized spacial score (nSPS) is 10.7. The van der Waals surface area contributed by atoms with E-state index in [1.54, 1.807) is 19.3 Å². The molecule has 3 aromatic heterocycles. The number of Topliss-reactive ketones (excluding diaryl/α,β-unsaturated/α-hetero) is 2. The molecule has 3 heterocycles. The molecular formula is C14H11N5O2. The molecule has 0 aliphatic carbocycles. The minimum Gasteiger partial charge on any atom is -0.294 e. The number of aryl methyl sites for hydroxylation is 1. The Balaban J connectivity index is 1.87. The highest BCUT2D eigenvalue weighted by atomic mass is 16.1. The lowest BCUT2D eigenvalue weighted by Gasteiger charge is -2.01. The minimum atomic E-state index is -0.353. The Bertz CT molecular complexity index is 840. The van der Waals surface area contributed by atoms with Gasteiger partial charge in [0.05, 0.1) is 35.6 Å². The average molecular weight is 281 g/mol. The molecule has 0 N–H and O–H groups in total. The highest BCUT2D eigenvalue weighted by molar-refractivity contribution is 6.15. The van der Waals surface area contributed by atoms with Gasteiger partial charge in [-0.15, -0.1) is 0 Å². The minimum absolute atomic E-state index is 0.223. The molecule has 0 aliphatic rings. The van der Waals surface area contributed by atoms with Crippen LogP contribution in [0.3, 0.4) is 0 Å². The van der Waals surface area contributed by atoms with Gasteiger partial charge in [0.15, 0.2) is 11.6 Å². The Kier molecular flexibility index (Phi) is 3.23. The fourth-order valence-electron chi connectivity index (χ4n) is 2.06. The summed E-state index contributed by atoms with van der Waals surface area (Å²) in [5.74, 6) is -0.665. The van der Waals surface area contributed by atoms with Crippen LogP contribution in [0.4, 0.5) is 0 Å². The Labute approximate surface area is 119 Å². The molecule has 7 heteroatoms. The predicted molar refractivity (Wildman–Crippen MR) is 73.0 cm³/mol. The number of ketones is 2. The summed E-state index contributed by atoms with van der Waals surface area (Å²) in [5, 5.41) is 4.05. The third-order valence-corrected chi connectivity index (χ3v) is 3.09. The van der Waals surface area contributed by atoms with Gasteiger partial charge < -0.3 is 0 Å². The monoisotopic (exact) mass is 281 g/mol. The number of carbonyl (C=O) groups excluding carboxylic acids is 2. The van der Waals surface area contributed by atoms with Crippen LogP contribution in [0.2, 0.25) is 0 Å². The Morgan fingerprint density at radius 1 is 1.10 bits per heavy atom. The maximum Gasteiger partial charge on any atom is 0.190 e. The Morgan fingerprint density at radius 3 is 2.71 bits per heavy atom. The lowest BCUT2D eigenvalue weighted by atomic mass is 10.1. The largest absolute Gasteiger partial charge is 0.294 e. The highest BCUT2D eigenvalue weighted by Gasteiger charge is 2.19. The second-order valence-corrected chi connectivity index (χ2v) is 4.48. The van der Waals surface area contributed by atoms with Gasteiger partial charge in [-0.2, -0.15) is 5.10 Å². The van der Waals surface area contributed by atoms with Gasteiger partial charge in [0.1, 0.15) is 5.69 Å². The van der Waals surface area contributed by atoms with Crippen molar-refractivity contribution in [3.05, 3.63) is 54.1 Å². The van der Waals surface area contributed by atoms with Gasteiger partial charge in [0.25, 0.3) is 0 Å². The molecular weight excluding hydrogens is 270 g/mol. The van der Waals surface area contributed by atoms with Crippen molar-refractivity contribution in [1.29, 1.82) is 0 Å². The fourth-order valence-corrected chi connectivity index (χ4v) is 2.06. The Morgan fingerprint density at radius 2 is 1.90 bits per heavy atom. The molecule has 0 aliphatic heterocycles. The molecule has 3 rings (SSSR count). The standard InChI is InChI=1S/C14H11N5O2/c1-9-14(17-3-2-16-9)13(21)6-12(20)10-7-18-19-5-4-15-8-11(10)19/h2-5,7-8H,6H2,1H3. The van der Waals surface area contributed by atoms with E-state index in [1.807, 2.05) is 0 Å². The van der Waals surface area contributed by atoms with Gasteiger partial charge in [0, 0.05) is 24.8 Å². The number of carbonyl (C=O) groups is 2. The van der Waals surface area contributed by atoms with Crippen molar-refractivity contribution in [2.24, 2.45) is 0 Å². The first-order valence-corrected chi connectivity index (χ1v) is 6.28. The summed E-state index contributed by atoms with van der Waals surface area (Å²) in [5.41, 5.74) is 1.68. The molecule has 0 unspecified atom stereocenters. The smallest absolute Gasteiger partial charge is 0.190 e. The van der Waals surface area contributed by atoms with Gasteiger partial charge in [-0.3, -0.25) is 19.6 Å². The van der Waals surface area contributed by atoms with Crippen LogP contribution in [0, 0.1) is 6.92 Å². The van der Waals surface area contributed by atoms with E-state index >= 15 is 0 Å². The molecule has 0 fully saturated rings. The number of nitrogens with zero attached hydrogens (tertiary/aromatic N) is 5. The molecule has 0 radical (unpaired) electrons. The van der Waals surface area contributed by atoms with E-state index in [-0.39, 0.29) is 23.7 Å². The molecule has 0 bridgehead atoms. The highest BCUT2D eigenvalue weighted by Crippen LogP contribution is 2.13. The second-order valence-electron chi connectivity index (χ2n) is 4.48. The van der Waals surface area contributed by atoms with Crippen molar-refractivity contribution < 1.29 is 9.59 Å². The van der Waals surface area contributed by atoms with E-state index in [2.05, 4.69) is 20.1 Å². The lowest BCUT2D eigenvalue weighted by Crippen LogP contribution is -2.12. The molecule has 104 valence electrons. The maximum absolute atomic E-state index is 12.3. The lowest BCUT2D eigenvalue weighted by molar-refractivity contribution is 0.0892. The van der Waals surface area contributed by atoms with Crippen molar-refractivity contribution in [2.45, 2.75) is 13.3 Å². The van der Waals surface area contributed by atoms with Crippen molar-refractivity contribution in [3.8, 4) is 0 Å². The predicted octanol–water partition coefficient (Wildman–Crippen LogP) is 1.28. The number of fused-ring (bicyclic) bond motifs is 1. The van der Waals surface area contributed by atoms with Crippen LogP contribution >= 0.6 is 0 Å². The summed E-state index contributed by atoms with van der Waals surface area (Å²) in [6.07, 6.45) is 8.86. The molecule has 0 aromatic carbocycles. The topological polar surface area (TPSA) is 90.1 Å². The molecule has 0 saturated carbocycles. The number of aromatic nitrogens is 5. The summed E-state index contributed by atoms with van der Waals surface area (Å²) in [4.78, 5) is 36.3. The summed E-state index contributed by atoms with van der Waals surface area (Å²) in [6.45, 7) is 1.68. The maximum atomic E-state index is 12.3. The molecule has 0 spiro atoms. The van der Waals surface area contributed by atoms with Crippen LogP contribution < -0.4 is 0 Å². The molecule has 0 atom stereocenters. The molecule has 3 aromatic rings. The Hall–Kier alpha value is -2.96. The van der Waals surface area contributed by atoms with E-state index < -0.39 is 0 Å². The summed E-state index contributed by atoms with van der Waals surface area (Å²) >= 11 is 0. The van der Waals surface area contributed by atoms with Gasteiger partial charge in [-0.05, 0) is 6.92 Å². The average Bonchev–Trinajstić information content (AvgIpc) is 2.91. The van der Waals surface area contributed by atoms with E-state index in [4.69, 9.17) is 0 Å². The zero-order valence-electron chi connectivity index (χ0n) is 11.2. The van der Waals surface area contributed by atoms with Crippen LogP contribution in [0.25, 0.3) is 5.52 Å². The molecule has 0 saturated heterocycles. The van der Waals surface area contributed by atoms with Crippen LogP contribution in [0.1, 0.15) is 33.0 Å². The molecule has 7 nitrogen and oxygen atoms in total. The number of rotatable bonds is 4. The zero-order chi connectivity index (χ0) is 14.8. The van der Waals surface area contributed by atoms with Crippen molar-refractivity contribution in [1.82, 2.24) is 24.6 Å². The summed E-state index contributed by atoms with van der Waals surface area (Å²) < 4.78 is 1.54. The SMILES string of the molecule is Cc1nccnc1C(=O)CC(=O)c1cnn2ccncc12. The van der Waals surface area contributed by atoms with Crippen molar-refractivity contribution >= 4 is 17.1 Å². The summed E-state index contributed by atoms with van der Waals surface area (Å²) in [7, 11) is 0. The van der Waals surface area contributed by atoms with Gasteiger partial charge in [-0.1, -0.05) is 0 Å². The van der Waals surface area contributed by atoms with Gasteiger partial charge >= 0.3 is 0 Å². The first kappa shape index (κ1) is 13.0. The van der Waals surface area contributed by atoms with Gasteiger partial charge in [0.2, 0.25) is 0 Å². The molecule has 21 heavy (non-hydrogen) atoms. The quantitative estimate of drug-likeness (QED) is 0.528. The van der Waals surface area contributed by atoms with E-state index in [0.717, 1.165) is 0 Å². The van der Waals surface area contributed by atoms with E-state index in [0.29, 0.717) is 16.8 Å². The number of hydrogen-bond donors (Lipinski definition) is 0. The van der Waals surface area contributed by atoms with Crippen LogP contribution in [-0.4, -0.2) is 36.1 Å². The molecule has 0 amide bonds. The van der Waals surface area contributed by atoms with Gasteiger partial charge in [-0.25, -0.2) is 9.50 Å². The van der Waals surface area contributed by atoms with Crippen LogP contribution in [0.5, 0.6) is 0 Å². The zero-order valence-corrected chi connectivity index (χ0v) is 11.2. The summed E-state index contributed by atoms with van der Waals surface area (Å²) in [6, 6.07) is 0. The van der Waals surface area contributed by atoms with E-state index in [9.17, 15) is 9.59 Å². The third kappa shape index (κ3) is 2.40. The van der Waals surface area contributed by atoms with Crippen molar-refractivity contribution in [2.75, 3.05) is 0 Å². The van der Waals surface area contributed by atoms with E-state index in [1.165, 1.54) is 29.3 Å². The first-order chi connectivity index (χ1) is 10.2.